The number of pyridine rings is 1. The molecule has 2 rings (SSSR count). The number of methoxy groups -OCH3 is 1. The number of carbonyl (C=O) groups is 1. The molecule has 0 saturated heterocycles. The van der Waals surface area contributed by atoms with Crippen LogP contribution in [-0.4, -0.2) is 30.1 Å². The van der Waals surface area contributed by atoms with Gasteiger partial charge in [-0.2, -0.15) is 0 Å². The van der Waals surface area contributed by atoms with Crippen LogP contribution in [0.2, 0.25) is 5.15 Å². The maximum atomic E-state index is 11.8. The van der Waals surface area contributed by atoms with Crippen LogP contribution in [0.1, 0.15) is 23.2 Å². The molecular weight excluding hydrogens is 228 g/mol. The fourth-order valence-corrected chi connectivity index (χ4v) is 1.90. The van der Waals surface area contributed by atoms with Crippen molar-refractivity contribution in [1.82, 2.24) is 10.3 Å². The van der Waals surface area contributed by atoms with E-state index in [2.05, 4.69) is 10.3 Å². The van der Waals surface area contributed by atoms with E-state index >= 15 is 0 Å². The Hall–Kier alpha value is -1.13. The molecule has 1 saturated carbocycles. The number of halogens is 1. The molecule has 1 amide bonds. The Morgan fingerprint density at radius 1 is 1.62 bits per heavy atom. The third kappa shape index (κ3) is 2.33. The molecule has 1 fully saturated rings. The van der Waals surface area contributed by atoms with Gasteiger partial charge in [-0.25, -0.2) is 4.98 Å². The average Bonchev–Trinajstić information content (AvgIpc) is 2.23. The van der Waals surface area contributed by atoms with Gasteiger partial charge >= 0.3 is 0 Å². The highest BCUT2D eigenvalue weighted by Gasteiger charge is 2.30. The molecule has 0 bridgehead atoms. The zero-order valence-electron chi connectivity index (χ0n) is 8.94. The predicted octanol–water partition coefficient (Wildman–Crippen LogP) is 1.64. The van der Waals surface area contributed by atoms with Crippen molar-refractivity contribution in [2.45, 2.75) is 25.0 Å². The van der Waals surface area contributed by atoms with Crippen molar-refractivity contribution in [2.75, 3.05) is 7.11 Å². The van der Waals surface area contributed by atoms with Gasteiger partial charge < -0.3 is 10.1 Å². The third-order valence-corrected chi connectivity index (χ3v) is 3.07. The number of aromatic nitrogens is 1. The lowest BCUT2D eigenvalue weighted by molar-refractivity contribution is 0.0176. The standard InChI is InChI=1S/C11H13ClN2O2/c1-16-8-5-7(6-8)14-11(15)9-3-2-4-13-10(9)12/h2-4,7-8H,5-6H2,1H3,(H,14,15). The molecule has 1 aromatic heterocycles. The molecule has 1 aliphatic carbocycles. The van der Waals surface area contributed by atoms with Crippen LogP contribution < -0.4 is 5.32 Å². The fourth-order valence-electron chi connectivity index (χ4n) is 1.69. The highest BCUT2D eigenvalue weighted by Crippen LogP contribution is 2.23. The molecule has 16 heavy (non-hydrogen) atoms. The van der Waals surface area contributed by atoms with E-state index in [9.17, 15) is 4.79 Å². The smallest absolute Gasteiger partial charge is 0.254 e. The molecule has 1 aliphatic rings. The molecule has 0 unspecified atom stereocenters. The van der Waals surface area contributed by atoms with Gasteiger partial charge in [0.15, 0.2) is 0 Å². The topological polar surface area (TPSA) is 51.2 Å². The van der Waals surface area contributed by atoms with E-state index in [1.807, 2.05) is 0 Å². The van der Waals surface area contributed by atoms with Crippen molar-refractivity contribution in [2.24, 2.45) is 0 Å². The maximum Gasteiger partial charge on any atom is 0.254 e. The summed E-state index contributed by atoms with van der Waals surface area (Å²) in [6.07, 6.45) is 3.55. The van der Waals surface area contributed by atoms with Gasteiger partial charge in [-0.3, -0.25) is 4.79 Å². The molecule has 1 N–H and O–H groups in total. The molecular formula is C11H13ClN2O2. The van der Waals surface area contributed by atoms with Crippen LogP contribution in [0.4, 0.5) is 0 Å². The third-order valence-electron chi connectivity index (χ3n) is 2.77. The minimum absolute atomic E-state index is 0.169. The Bertz CT molecular complexity index is 391. The molecule has 0 spiro atoms. The van der Waals surface area contributed by atoms with E-state index in [1.165, 1.54) is 0 Å². The SMILES string of the molecule is COC1CC(NC(=O)c2cccnc2Cl)C1. The molecule has 86 valence electrons. The van der Waals surface area contributed by atoms with Crippen molar-refractivity contribution in [3.8, 4) is 0 Å². The van der Waals surface area contributed by atoms with Crippen LogP contribution in [0.5, 0.6) is 0 Å². The quantitative estimate of drug-likeness (QED) is 0.818. The first-order chi connectivity index (χ1) is 7.70. The zero-order valence-corrected chi connectivity index (χ0v) is 9.70. The Morgan fingerprint density at radius 3 is 3.00 bits per heavy atom. The summed E-state index contributed by atoms with van der Waals surface area (Å²) < 4.78 is 5.14. The number of hydrogen-bond donors (Lipinski definition) is 1. The summed E-state index contributed by atoms with van der Waals surface area (Å²) in [6, 6.07) is 3.55. The Morgan fingerprint density at radius 2 is 2.38 bits per heavy atom. The normalized spacial score (nSPS) is 23.6. The summed E-state index contributed by atoms with van der Waals surface area (Å²) in [5.41, 5.74) is 0.421. The summed E-state index contributed by atoms with van der Waals surface area (Å²) in [5.74, 6) is -0.169. The minimum atomic E-state index is -0.169. The van der Waals surface area contributed by atoms with Crippen molar-refractivity contribution in [1.29, 1.82) is 0 Å². The van der Waals surface area contributed by atoms with Crippen LogP contribution in [0.3, 0.4) is 0 Å². The zero-order chi connectivity index (χ0) is 11.5. The minimum Gasteiger partial charge on any atom is -0.381 e. The van der Waals surface area contributed by atoms with Crippen LogP contribution in [0.15, 0.2) is 18.3 Å². The second-order valence-electron chi connectivity index (χ2n) is 3.84. The second kappa shape index (κ2) is 4.80. The summed E-state index contributed by atoms with van der Waals surface area (Å²) in [4.78, 5) is 15.6. The Balaban J connectivity index is 1.92. The van der Waals surface area contributed by atoms with Gasteiger partial charge in [0, 0.05) is 19.3 Å². The van der Waals surface area contributed by atoms with Crippen molar-refractivity contribution < 1.29 is 9.53 Å². The number of nitrogens with zero attached hydrogens (tertiary/aromatic N) is 1. The first kappa shape index (κ1) is 11.4. The monoisotopic (exact) mass is 240 g/mol. The van der Waals surface area contributed by atoms with Crippen LogP contribution >= 0.6 is 11.6 Å². The van der Waals surface area contributed by atoms with Crippen molar-refractivity contribution in [3.63, 3.8) is 0 Å². The first-order valence-electron chi connectivity index (χ1n) is 5.15. The Labute approximate surface area is 99.0 Å². The summed E-state index contributed by atoms with van der Waals surface area (Å²) in [6.45, 7) is 0. The Kier molecular flexibility index (Phi) is 3.41. The van der Waals surface area contributed by atoms with Gasteiger partial charge in [-0.15, -0.1) is 0 Å². The van der Waals surface area contributed by atoms with Crippen molar-refractivity contribution in [3.05, 3.63) is 29.0 Å². The van der Waals surface area contributed by atoms with Gasteiger partial charge in [-0.1, -0.05) is 11.6 Å². The molecule has 4 nitrogen and oxygen atoms in total. The van der Waals surface area contributed by atoms with Crippen molar-refractivity contribution >= 4 is 17.5 Å². The molecule has 0 atom stereocenters. The van der Waals surface area contributed by atoms with Gasteiger partial charge in [0.25, 0.3) is 5.91 Å². The molecule has 0 radical (unpaired) electrons. The van der Waals surface area contributed by atoms with Gasteiger partial charge in [0.1, 0.15) is 5.15 Å². The van der Waals surface area contributed by atoms with Gasteiger partial charge in [0.2, 0.25) is 0 Å². The first-order valence-corrected chi connectivity index (χ1v) is 5.52. The van der Waals surface area contributed by atoms with Crippen LogP contribution in [0, 0.1) is 0 Å². The van der Waals surface area contributed by atoms with E-state index in [0.29, 0.717) is 5.56 Å². The van der Waals surface area contributed by atoms with E-state index in [1.54, 1.807) is 25.4 Å². The van der Waals surface area contributed by atoms with E-state index in [-0.39, 0.29) is 23.2 Å². The van der Waals surface area contributed by atoms with E-state index in [4.69, 9.17) is 16.3 Å². The molecule has 1 heterocycles. The van der Waals surface area contributed by atoms with Crippen LogP contribution in [-0.2, 0) is 4.74 Å². The molecule has 0 aromatic carbocycles. The molecule has 0 aliphatic heterocycles. The van der Waals surface area contributed by atoms with Gasteiger partial charge in [-0.05, 0) is 25.0 Å². The number of carbonyl (C=O) groups excluding carboxylic acids is 1. The van der Waals surface area contributed by atoms with Gasteiger partial charge in [0.05, 0.1) is 11.7 Å². The van der Waals surface area contributed by atoms with Crippen LogP contribution in [0.25, 0.3) is 0 Å². The lowest BCUT2D eigenvalue weighted by Gasteiger charge is -2.34. The number of hydrogen-bond acceptors (Lipinski definition) is 3. The average molecular weight is 241 g/mol. The summed E-state index contributed by atoms with van der Waals surface area (Å²) in [5, 5.41) is 3.13. The number of amides is 1. The maximum absolute atomic E-state index is 11.8. The molecule has 1 aromatic rings. The second-order valence-corrected chi connectivity index (χ2v) is 4.20. The number of ether oxygens (including phenoxy) is 1. The lowest BCUT2D eigenvalue weighted by Crippen LogP contribution is -2.47. The highest BCUT2D eigenvalue weighted by molar-refractivity contribution is 6.32. The number of rotatable bonds is 3. The summed E-state index contributed by atoms with van der Waals surface area (Å²) in [7, 11) is 1.68. The largest absolute Gasteiger partial charge is 0.381 e. The lowest BCUT2D eigenvalue weighted by atomic mass is 9.89. The number of nitrogens with one attached hydrogen (secondary N) is 1. The fraction of sp³-hybridized carbons (Fsp3) is 0.455. The van der Waals surface area contributed by atoms with E-state index < -0.39 is 0 Å². The molecule has 5 heteroatoms. The summed E-state index contributed by atoms with van der Waals surface area (Å²) >= 11 is 5.82. The highest BCUT2D eigenvalue weighted by atomic mass is 35.5. The predicted molar refractivity (Wildman–Crippen MR) is 60.5 cm³/mol. The van der Waals surface area contributed by atoms with E-state index in [0.717, 1.165) is 12.8 Å².